The van der Waals surface area contributed by atoms with Crippen LogP contribution in [0.1, 0.15) is 17.8 Å². The number of rotatable bonds is 4. The van der Waals surface area contributed by atoms with Crippen molar-refractivity contribution >= 4 is 22.4 Å². The van der Waals surface area contributed by atoms with E-state index >= 15 is 0 Å². The normalized spacial score (nSPS) is 17.7. The predicted molar refractivity (Wildman–Crippen MR) is 71.5 cm³/mol. The molecule has 1 fully saturated rings. The molecule has 0 radical (unpaired) electrons. The van der Waals surface area contributed by atoms with Crippen molar-refractivity contribution in [1.82, 2.24) is 20.4 Å². The Morgan fingerprint density at radius 3 is 2.67 bits per heavy atom. The molecule has 1 amide bonds. The van der Waals surface area contributed by atoms with Gasteiger partial charge in [-0.3, -0.25) is 9.69 Å². The van der Waals surface area contributed by atoms with Crippen LogP contribution in [0.25, 0.3) is 0 Å². The maximum atomic E-state index is 11.5. The molecule has 0 bridgehead atoms. The summed E-state index contributed by atoms with van der Waals surface area (Å²) in [5.74, 6) is 0.344. The monoisotopic (exact) mass is 269 g/mol. The fourth-order valence-corrected chi connectivity index (χ4v) is 2.90. The van der Waals surface area contributed by atoms with Crippen LogP contribution in [0, 0.1) is 5.92 Å². The van der Waals surface area contributed by atoms with E-state index in [-0.39, 0.29) is 11.8 Å². The van der Waals surface area contributed by atoms with Crippen LogP contribution in [0.4, 0.5) is 5.13 Å². The Kier molecular flexibility index (Phi) is 4.48. The molecule has 1 aromatic heterocycles. The Labute approximate surface area is 111 Å². The molecular weight excluding hydrogens is 250 g/mol. The molecule has 1 aliphatic rings. The number of carbonyl (C=O) groups is 1. The number of amides is 1. The molecule has 18 heavy (non-hydrogen) atoms. The van der Waals surface area contributed by atoms with Gasteiger partial charge in [0, 0.05) is 20.0 Å². The Balaban J connectivity index is 1.81. The second-order valence-corrected chi connectivity index (χ2v) is 5.48. The highest BCUT2D eigenvalue weighted by Crippen LogP contribution is 2.21. The van der Waals surface area contributed by atoms with E-state index in [1.807, 2.05) is 7.05 Å². The number of aromatic nitrogens is 2. The summed E-state index contributed by atoms with van der Waals surface area (Å²) in [6.07, 6.45) is 1.86. The van der Waals surface area contributed by atoms with Crippen LogP contribution in [0.2, 0.25) is 0 Å². The van der Waals surface area contributed by atoms with Crippen LogP contribution in [0.3, 0.4) is 0 Å². The molecule has 1 saturated heterocycles. The number of likely N-dealkylation sites (tertiary alicyclic amines) is 1. The van der Waals surface area contributed by atoms with Gasteiger partial charge in [-0.2, -0.15) is 0 Å². The van der Waals surface area contributed by atoms with E-state index in [9.17, 15) is 4.79 Å². The lowest BCUT2D eigenvalue weighted by atomic mass is 9.96. The number of piperidine rings is 1. The van der Waals surface area contributed by atoms with Crippen molar-refractivity contribution < 1.29 is 4.79 Å². The lowest BCUT2D eigenvalue weighted by Crippen LogP contribution is -2.39. The molecule has 6 nitrogen and oxygen atoms in total. The molecule has 0 saturated carbocycles. The molecule has 100 valence electrons. The summed E-state index contributed by atoms with van der Waals surface area (Å²) in [5.41, 5.74) is 0. The van der Waals surface area contributed by atoms with Crippen molar-refractivity contribution in [1.29, 1.82) is 0 Å². The molecule has 0 aromatic carbocycles. The van der Waals surface area contributed by atoms with Crippen LogP contribution in [0.15, 0.2) is 0 Å². The molecule has 0 atom stereocenters. The summed E-state index contributed by atoms with van der Waals surface area (Å²) in [6.45, 7) is 2.74. The van der Waals surface area contributed by atoms with E-state index in [0.29, 0.717) is 0 Å². The number of anilines is 1. The minimum atomic E-state index is 0.169. The molecule has 2 rings (SSSR count). The smallest absolute Gasteiger partial charge is 0.222 e. The minimum Gasteiger partial charge on any atom is -0.363 e. The van der Waals surface area contributed by atoms with Gasteiger partial charge >= 0.3 is 0 Å². The van der Waals surface area contributed by atoms with Gasteiger partial charge in [-0.1, -0.05) is 11.3 Å². The summed E-state index contributed by atoms with van der Waals surface area (Å²) < 4.78 is 0. The first kappa shape index (κ1) is 13.2. The zero-order valence-electron chi connectivity index (χ0n) is 10.8. The zero-order chi connectivity index (χ0) is 13.0. The maximum absolute atomic E-state index is 11.5. The van der Waals surface area contributed by atoms with E-state index in [1.165, 1.54) is 0 Å². The summed E-state index contributed by atoms with van der Waals surface area (Å²) >= 11 is 1.58. The van der Waals surface area contributed by atoms with Crippen LogP contribution >= 0.6 is 11.3 Å². The molecule has 1 aromatic rings. The summed E-state index contributed by atoms with van der Waals surface area (Å²) in [5, 5.41) is 15.7. The van der Waals surface area contributed by atoms with Crippen molar-refractivity contribution in [3.05, 3.63) is 5.01 Å². The number of nitrogens with one attached hydrogen (secondary N) is 2. The summed E-state index contributed by atoms with van der Waals surface area (Å²) in [4.78, 5) is 13.8. The third-order valence-corrected chi connectivity index (χ3v) is 4.17. The molecule has 7 heteroatoms. The van der Waals surface area contributed by atoms with Gasteiger partial charge in [-0.15, -0.1) is 10.2 Å². The number of hydrogen-bond acceptors (Lipinski definition) is 6. The third kappa shape index (κ3) is 3.17. The van der Waals surface area contributed by atoms with Crippen LogP contribution in [-0.2, 0) is 11.3 Å². The molecular formula is C11H19N5OS. The first-order valence-corrected chi connectivity index (χ1v) is 6.98. The van der Waals surface area contributed by atoms with Gasteiger partial charge in [-0.25, -0.2) is 0 Å². The third-order valence-electron chi connectivity index (χ3n) is 3.24. The topological polar surface area (TPSA) is 70.2 Å². The molecule has 0 spiro atoms. The second-order valence-electron chi connectivity index (χ2n) is 4.42. The SMILES string of the molecule is CNC(=O)C1CCN(Cc2nnc(NC)s2)CC1. The highest BCUT2D eigenvalue weighted by atomic mass is 32.1. The lowest BCUT2D eigenvalue weighted by molar-refractivity contribution is -0.125. The Morgan fingerprint density at radius 2 is 2.11 bits per heavy atom. The predicted octanol–water partition coefficient (Wildman–Crippen LogP) is 0.538. The van der Waals surface area contributed by atoms with Crippen molar-refractivity contribution in [2.45, 2.75) is 19.4 Å². The number of nitrogens with zero attached hydrogens (tertiary/aromatic N) is 3. The molecule has 0 aliphatic carbocycles. The molecule has 2 N–H and O–H groups in total. The van der Waals surface area contributed by atoms with Crippen molar-refractivity contribution in [3.63, 3.8) is 0 Å². The van der Waals surface area contributed by atoms with Gasteiger partial charge in [0.05, 0.1) is 6.54 Å². The van der Waals surface area contributed by atoms with Gasteiger partial charge in [0.1, 0.15) is 5.01 Å². The number of carbonyl (C=O) groups excluding carboxylic acids is 1. The van der Waals surface area contributed by atoms with E-state index in [0.717, 1.165) is 42.6 Å². The minimum absolute atomic E-state index is 0.169. The summed E-state index contributed by atoms with van der Waals surface area (Å²) in [6, 6.07) is 0. The van der Waals surface area contributed by atoms with Gasteiger partial charge in [-0.05, 0) is 25.9 Å². The molecule has 0 unspecified atom stereocenters. The average Bonchev–Trinajstić information content (AvgIpc) is 2.86. The highest BCUT2D eigenvalue weighted by molar-refractivity contribution is 7.15. The fourth-order valence-electron chi connectivity index (χ4n) is 2.17. The Bertz CT molecular complexity index is 400. The molecule has 2 heterocycles. The Morgan fingerprint density at radius 1 is 1.39 bits per heavy atom. The lowest BCUT2D eigenvalue weighted by Gasteiger charge is -2.30. The van der Waals surface area contributed by atoms with Crippen molar-refractivity contribution in [3.8, 4) is 0 Å². The fraction of sp³-hybridized carbons (Fsp3) is 0.727. The van der Waals surface area contributed by atoms with Gasteiger partial charge in [0.15, 0.2) is 0 Å². The van der Waals surface area contributed by atoms with Crippen LogP contribution < -0.4 is 10.6 Å². The van der Waals surface area contributed by atoms with Crippen LogP contribution in [-0.4, -0.2) is 48.2 Å². The zero-order valence-corrected chi connectivity index (χ0v) is 11.6. The van der Waals surface area contributed by atoms with Gasteiger partial charge in [0.2, 0.25) is 11.0 Å². The van der Waals surface area contributed by atoms with E-state index < -0.39 is 0 Å². The maximum Gasteiger partial charge on any atom is 0.222 e. The summed E-state index contributed by atoms with van der Waals surface area (Å²) in [7, 11) is 3.55. The largest absolute Gasteiger partial charge is 0.363 e. The standard InChI is InChI=1S/C11H19N5OS/c1-12-10(17)8-3-5-16(6-4-8)7-9-14-15-11(13-2)18-9/h8H,3-7H2,1-2H3,(H,12,17)(H,13,15). The van der Waals surface area contributed by atoms with E-state index in [4.69, 9.17) is 0 Å². The second kappa shape index (κ2) is 6.10. The molecule has 1 aliphatic heterocycles. The highest BCUT2D eigenvalue weighted by Gasteiger charge is 2.24. The van der Waals surface area contributed by atoms with Crippen molar-refractivity contribution in [2.75, 3.05) is 32.5 Å². The Hall–Kier alpha value is -1.21. The van der Waals surface area contributed by atoms with Gasteiger partial charge in [0.25, 0.3) is 0 Å². The first-order valence-electron chi connectivity index (χ1n) is 6.17. The van der Waals surface area contributed by atoms with Gasteiger partial charge < -0.3 is 10.6 Å². The van der Waals surface area contributed by atoms with Crippen molar-refractivity contribution in [2.24, 2.45) is 5.92 Å². The quantitative estimate of drug-likeness (QED) is 0.835. The number of hydrogen-bond donors (Lipinski definition) is 2. The first-order chi connectivity index (χ1) is 8.72. The van der Waals surface area contributed by atoms with E-state index in [2.05, 4.69) is 25.7 Å². The van der Waals surface area contributed by atoms with E-state index in [1.54, 1.807) is 18.4 Å². The average molecular weight is 269 g/mol. The van der Waals surface area contributed by atoms with Crippen LogP contribution in [0.5, 0.6) is 0 Å².